The highest BCUT2D eigenvalue weighted by atomic mass is 32.2. The van der Waals surface area contributed by atoms with Gasteiger partial charge in [0.05, 0.1) is 25.8 Å². The van der Waals surface area contributed by atoms with E-state index in [4.69, 9.17) is 9.47 Å². The molecule has 310 valence electrons. The monoisotopic (exact) mass is 772 g/mol. The second kappa shape index (κ2) is 28.0. The summed E-state index contributed by atoms with van der Waals surface area (Å²) in [5.74, 6) is 4.77. The zero-order valence-electron chi connectivity index (χ0n) is 34.8. The third-order valence-corrected chi connectivity index (χ3v) is 13.9. The van der Waals surface area contributed by atoms with Crippen LogP contribution in [0.15, 0.2) is 18.7 Å². The Labute approximate surface area is 335 Å². The third-order valence-electron chi connectivity index (χ3n) is 12.9. The van der Waals surface area contributed by atoms with E-state index in [1.807, 2.05) is 30.5 Å². The summed E-state index contributed by atoms with van der Waals surface area (Å²) in [7, 11) is 0. The summed E-state index contributed by atoms with van der Waals surface area (Å²) in [5.41, 5.74) is 0.258. The molecule has 8 heteroatoms. The molecule has 54 heavy (non-hydrogen) atoms. The molecule has 2 atom stereocenters. The highest BCUT2D eigenvalue weighted by Gasteiger charge is 2.48. The number of hydrogen-bond acceptors (Lipinski definition) is 7. The SMILES string of the molecule is CCCCCCCCCCCCCCSCCOC(=O)CCN(CCCCCCCCOC(=O)CC12CCC3CC(CC(C3)C1)C2)CCCn1ccnc1. The van der Waals surface area contributed by atoms with E-state index < -0.39 is 0 Å². The van der Waals surface area contributed by atoms with Crippen LogP contribution in [0.3, 0.4) is 0 Å². The van der Waals surface area contributed by atoms with Crippen molar-refractivity contribution in [3.05, 3.63) is 18.7 Å². The van der Waals surface area contributed by atoms with Crippen LogP contribution in [0.5, 0.6) is 0 Å². The average molecular weight is 772 g/mol. The number of ether oxygens (including phenoxy) is 2. The number of aryl methyl sites for hydroxylation is 1. The van der Waals surface area contributed by atoms with Gasteiger partial charge in [0.2, 0.25) is 0 Å². The predicted molar refractivity (Wildman–Crippen MR) is 226 cm³/mol. The van der Waals surface area contributed by atoms with Crippen LogP contribution < -0.4 is 0 Å². The van der Waals surface area contributed by atoms with Crippen molar-refractivity contribution in [2.75, 3.05) is 44.4 Å². The first kappa shape index (κ1) is 45.2. The van der Waals surface area contributed by atoms with Crippen molar-refractivity contribution < 1.29 is 19.1 Å². The molecule has 5 rings (SSSR count). The normalized spacial score (nSPS) is 21.9. The molecule has 1 aromatic heterocycles. The number of thioether (sulfide) groups is 1. The molecule has 4 aliphatic rings. The quantitative estimate of drug-likeness (QED) is 0.0510. The fourth-order valence-corrected chi connectivity index (χ4v) is 10.9. The molecule has 1 heterocycles. The molecular formula is C46H81N3O4S. The summed E-state index contributed by atoms with van der Waals surface area (Å²) >= 11 is 1.93. The highest BCUT2D eigenvalue weighted by molar-refractivity contribution is 7.99. The maximum Gasteiger partial charge on any atom is 0.307 e. The minimum atomic E-state index is -0.0605. The first-order valence-electron chi connectivity index (χ1n) is 23.1. The second-order valence-electron chi connectivity index (χ2n) is 17.7. The minimum absolute atomic E-state index is 0.0605. The average Bonchev–Trinajstić information content (AvgIpc) is 3.60. The topological polar surface area (TPSA) is 73.7 Å². The Kier molecular flexibility index (Phi) is 23.4. The number of carbonyl (C=O) groups is 2. The lowest BCUT2D eigenvalue weighted by Crippen LogP contribution is -2.36. The van der Waals surface area contributed by atoms with Gasteiger partial charge in [0.15, 0.2) is 0 Å². The van der Waals surface area contributed by atoms with E-state index >= 15 is 0 Å². The van der Waals surface area contributed by atoms with Crippen LogP contribution in [0.25, 0.3) is 0 Å². The zero-order chi connectivity index (χ0) is 37.9. The second-order valence-corrected chi connectivity index (χ2v) is 19.0. The minimum Gasteiger partial charge on any atom is -0.466 e. The molecule has 4 fully saturated rings. The van der Waals surface area contributed by atoms with E-state index in [1.165, 1.54) is 147 Å². The van der Waals surface area contributed by atoms with Gasteiger partial charge in [-0.1, -0.05) is 103 Å². The fraction of sp³-hybridized carbons (Fsp3) is 0.891. The Morgan fingerprint density at radius 3 is 2.00 bits per heavy atom. The van der Waals surface area contributed by atoms with Gasteiger partial charge in [-0.3, -0.25) is 9.59 Å². The van der Waals surface area contributed by atoms with Crippen molar-refractivity contribution in [2.45, 2.75) is 193 Å². The summed E-state index contributed by atoms with van der Waals surface area (Å²) in [6.45, 7) is 7.12. The number of unbranched alkanes of at least 4 members (excludes halogenated alkanes) is 16. The number of imidazole rings is 1. The van der Waals surface area contributed by atoms with Crippen LogP contribution in [0.2, 0.25) is 0 Å². The van der Waals surface area contributed by atoms with Crippen molar-refractivity contribution >= 4 is 23.7 Å². The van der Waals surface area contributed by atoms with Crippen LogP contribution in [0.4, 0.5) is 0 Å². The van der Waals surface area contributed by atoms with E-state index in [-0.39, 0.29) is 17.4 Å². The summed E-state index contributed by atoms with van der Waals surface area (Å²) in [6, 6.07) is 0. The van der Waals surface area contributed by atoms with E-state index in [0.29, 0.717) is 26.1 Å². The number of aromatic nitrogens is 2. The Balaban J connectivity index is 0.961. The number of carbonyl (C=O) groups excluding carboxylic acids is 2. The number of hydrogen-bond donors (Lipinski definition) is 0. The Morgan fingerprint density at radius 2 is 1.31 bits per heavy atom. The third kappa shape index (κ3) is 19.6. The van der Waals surface area contributed by atoms with Crippen LogP contribution in [0, 0.1) is 23.2 Å². The zero-order valence-corrected chi connectivity index (χ0v) is 35.6. The molecule has 7 nitrogen and oxygen atoms in total. The number of fused-ring (bicyclic) bond motifs is 1. The summed E-state index contributed by atoms with van der Waals surface area (Å²) < 4.78 is 13.5. The van der Waals surface area contributed by atoms with Crippen molar-refractivity contribution in [3.63, 3.8) is 0 Å². The van der Waals surface area contributed by atoms with E-state index in [0.717, 1.165) is 75.4 Å². The van der Waals surface area contributed by atoms with Gasteiger partial charge >= 0.3 is 11.9 Å². The summed E-state index contributed by atoms with van der Waals surface area (Å²) in [6.07, 6.45) is 40.8. The number of nitrogens with zero attached hydrogens (tertiary/aromatic N) is 3. The van der Waals surface area contributed by atoms with Crippen LogP contribution >= 0.6 is 11.8 Å². The summed E-state index contributed by atoms with van der Waals surface area (Å²) in [5, 5.41) is 0. The lowest BCUT2D eigenvalue weighted by Gasteiger charge is -2.45. The molecule has 4 bridgehead atoms. The molecule has 0 spiro atoms. The van der Waals surface area contributed by atoms with Crippen molar-refractivity contribution in [2.24, 2.45) is 23.2 Å². The number of esters is 2. The van der Waals surface area contributed by atoms with Crippen molar-refractivity contribution in [3.8, 4) is 0 Å². The Bertz CT molecular complexity index is 1090. The maximum atomic E-state index is 12.8. The van der Waals surface area contributed by atoms with Crippen LogP contribution in [-0.2, 0) is 25.6 Å². The van der Waals surface area contributed by atoms with Gasteiger partial charge in [0.1, 0.15) is 6.61 Å². The molecule has 0 amide bonds. The van der Waals surface area contributed by atoms with Gasteiger partial charge in [0, 0.05) is 31.2 Å². The van der Waals surface area contributed by atoms with Crippen LogP contribution in [-0.4, -0.2) is 70.7 Å². The molecule has 0 saturated heterocycles. The lowest BCUT2D eigenvalue weighted by atomic mass is 9.60. The van der Waals surface area contributed by atoms with Gasteiger partial charge in [-0.15, -0.1) is 0 Å². The first-order valence-corrected chi connectivity index (χ1v) is 24.3. The van der Waals surface area contributed by atoms with Crippen LogP contribution in [0.1, 0.15) is 187 Å². The van der Waals surface area contributed by atoms with E-state index in [2.05, 4.69) is 21.4 Å². The molecule has 0 aromatic carbocycles. The fourth-order valence-electron chi connectivity index (χ4n) is 10.1. The molecule has 0 radical (unpaired) electrons. The largest absolute Gasteiger partial charge is 0.466 e. The van der Waals surface area contributed by atoms with Crippen molar-refractivity contribution in [1.82, 2.24) is 14.5 Å². The maximum absolute atomic E-state index is 12.8. The van der Waals surface area contributed by atoms with E-state index in [9.17, 15) is 9.59 Å². The standard InChI is InChI=1S/C46H81N3O4S/c1-2-3-4-5-6-7-8-9-10-13-16-19-32-54-33-31-53-44(50)22-28-48(26-20-27-49-29-24-47-40-49)25-17-14-11-12-15-18-30-52-45(51)39-46-23-21-41-34-42(37-46)36-43(35-41)38-46/h24,29,40-43H,2-23,25-28,30-39H2,1H3. The van der Waals surface area contributed by atoms with Gasteiger partial charge in [-0.2, -0.15) is 11.8 Å². The smallest absolute Gasteiger partial charge is 0.307 e. The molecular weight excluding hydrogens is 691 g/mol. The molecule has 4 saturated carbocycles. The van der Waals surface area contributed by atoms with E-state index in [1.54, 1.807) is 0 Å². The molecule has 0 aliphatic heterocycles. The van der Waals surface area contributed by atoms with Gasteiger partial charge in [-0.05, 0) is 113 Å². The summed E-state index contributed by atoms with van der Waals surface area (Å²) in [4.78, 5) is 32.0. The molecule has 1 aromatic rings. The Morgan fingerprint density at radius 1 is 0.704 bits per heavy atom. The Hall–Kier alpha value is -1.54. The molecule has 0 N–H and O–H groups in total. The molecule has 2 unspecified atom stereocenters. The highest BCUT2D eigenvalue weighted by Crippen LogP contribution is 2.58. The number of rotatable bonds is 34. The predicted octanol–water partition coefficient (Wildman–Crippen LogP) is 11.8. The first-order chi connectivity index (χ1) is 26.5. The molecule has 4 aliphatic carbocycles. The van der Waals surface area contributed by atoms with Gasteiger partial charge < -0.3 is 18.9 Å². The van der Waals surface area contributed by atoms with Gasteiger partial charge in [-0.25, -0.2) is 4.98 Å². The van der Waals surface area contributed by atoms with Gasteiger partial charge in [0.25, 0.3) is 0 Å². The van der Waals surface area contributed by atoms with Crippen molar-refractivity contribution in [1.29, 1.82) is 0 Å². The lowest BCUT2D eigenvalue weighted by molar-refractivity contribution is -0.148.